The number of carbonyl (C=O) groups excluding carboxylic acids is 1. The minimum atomic E-state index is 0.0467. The maximum Gasteiger partial charge on any atom is 0.222 e. The van der Waals surface area contributed by atoms with Gasteiger partial charge in [0, 0.05) is 44.2 Å². The number of aliphatic hydroxyl groups excluding tert-OH is 1. The van der Waals surface area contributed by atoms with Crippen LogP contribution in [0.5, 0.6) is 0 Å². The number of rotatable bonds is 3. The lowest BCUT2D eigenvalue weighted by Gasteiger charge is -2.48. The number of nitrogens with zero attached hydrogens (tertiary/aromatic N) is 3. The molecule has 2 aliphatic rings. The SMILES string of the molecule is Cc1ccc(N2CCC[C@]3(CCC(=O)N(CCO)C3)C2)nc1. The van der Waals surface area contributed by atoms with Crippen LogP contribution >= 0.6 is 0 Å². The maximum absolute atomic E-state index is 12.0. The second-order valence-electron chi connectivity index (χ2n) is 6.76. The molecule has 0 saturated carbocycles. The Hall–Kier alpha value is -1.62. The molecule has 1 aromatic rings. The Morgan fingerprint density at radius 2 is 2.18 bits per heavy atom. The molecule has 1 amide bonds. The van der Waals surface area contributed by atoms with E-state index in [-0.39, 0.29) is 17.9 Å². The minimum absolute atomic E-state index is 0.0467. The summed E-state index contributed by atoms with van der Waals surface area (Å²) in [6, 6.07) is 4.19. The van der Waals surface area contributed by atoms with Crippen molar-refractivity contribution in [2.24, 2.45) is 5.41 Å². The van der Waals surface area contributed by atoms with Gasteiger partial charge in [-0.2, -0.15) is 0 Å². The van der Waals surface area contributed by atoms with E-state index in [0.717, 1.165) is 44.7 Å². The summed E-state index contributed by atoms with van der Waals surface area (Å²) >= 11 is 0. The molecule has 0 bridgehead atoms. The third-order valence-electron chi connectivity index (χ3n) is 5.00. The molecule has 1 spiro atoms. The Bertz CT molecular complexity index is 531. The van der Waals surface area contributed by atoms with Crippen LogP contribution in [0.4, 0.5) is 5.82 Å². The summed E-state index contributed by atoms with van der Waals surface area (Å²) in [5.74, 6) is 1.22. The van der Waals surface area contributed by atoms with Crippen LogP contribution in [-0.4, -0.2) is 53.7 Å². The molecule has 120 valence electrons. The third-order valence-corrected chi connectivity index (χ3v) is 5.00. The molecule has 0 aliphatic carbocycles. The lowest BCUT2D eigenvalue weighted by Crippen LogP contribution is -2.54. The number of β-amino-alcohol motifs (C(OH)–C–C–N with tert-alkyl or cyclic N) is 1. The van der Waals surface area contributed by atoms with E-state index in [1.807, 2.05) is 18.0 Å². The van der Waals surface area contributed by atoms with Crippen molar-refractivity contribution >= 4 is 11.7 Å². The van der Waals surface area contributed by atoms with Crippen molar-refractivity contribution in [2.45, 2.75) is 32.6 Å². The van der Waals surface area contributed by atoms with Crippen molar-refractivity contribution in [2.75, 3.05) is 37.7 Å². The van der Waals surface area contributed by atoms with E-state index in [4.69, 9.17) is 5.11 Å². The van der Waals surface area contributed by atoms with E-state index < -0.39 is 0 Å². The van der Waals surface area contributed by atoms with Crippen LogP contribution in [0.25, 0.3) is 0 Å². The first-order valence-corrected chi connectivity index (χ1v) is 8.18. The molecule has 2 fully saturated rings. The molecule has 1 aromatic heterocycles. The topological polar surface area (TPSA) is 56.7 Å². The number of hydrogen-bond donors (Lipinski definition) is 1. The van der Waals surface area contributed by atoms with Gasteiger partial charge < -0.3 is 14.9 Å². The number of hydrogen-bond acceptors (Lipinski definition) is 4. The van der Waals surface area contributed by atoms with Crippen molar-refractivity contribution in [1.29, 1.82) is 0 Å². The largest absolute Gasteiger partial charge is 0.395 e. The Labute approximate surface area is 131 Å². The van der Waals surface area contributed by atoms with Gasteiger partial charge in [-0.3, -0.25) is 4.79 Å². The molecular formula is C17H25N3O2. The quantitative estimate of drug-likeness (QED) is 0.921. The molecule has 5 heteroatoms. The highest BCUT2D eigenvalue weighted by Gasteiger charge is 2.41. The Balaban J connectivity index is 1.74. The zero-order valence-corrected chi connectivity index (χ0v) is 13.3. The standard InChI is InChI=1S/C17H25N3O2/c1-14-3-4-15(18-11-14)19-8-2-6-17(12-19)7-5-16(22)20(13-17)9-10-21/h3-4,11,21H,2,5-10,12-13H2,1H3/t17-/m0/s1. The fourth-order valence-electron chi connectivity index (χ4n) is 3.81. The van der Waals surface area contributed by atoms with Crippen LogP contribution in [-0.2, 0) is 4.79 Å². The van der Waals surface area contributed by atoms with Gasteiger partial charge in [0.1, 0.15) is 5.82 Å². The average Bonchev–Trinajstić information content (AvgIpc) is 2.52. The summed E-state index contributed by atoms with van der Waals surface area (Å²) in [6.45, 7) is 5.32. The van der Waals surface area contributed by atoms with E-state index in [1.54, 1.807) is 0 Å². The smallest absolute Gasteiger partial charge is 0.222 e. The predicted molar refractivity (Wildman–Crippen MR) is 85.8 cm³/mol. The highest BCUT2D eigenvalue weighted by atomic mass is 16.3. The van der Waals surface area contributed by atoms with Gasteiger partial charge >= 0.3 is 0 Å². The summed E-state index contributed by atoms with van der Waals surface area (Å²) in [4.78, 5) is 20.7. The fraction of sp³-hybridized carbons (Fsp3) is 0.647. The Kier molecular flexibility index (Phi) is 4.34. The number of aromatic nitrogens is 1. The Morgan fingerprint density at radius 1 is 1.32 bits per heavy atom. The monoisotopic (exact) mass is 303 g/mol. The number of piperidine rings is 2. The molecule has 2 aliphatic heterocycles. The number of aryl methyl sites for hydroxylation is 1. The van der Waals surface area contributed by atoms with Gasteiger partial charge in [0.25, 0.3) is 0 Å². The number of pyridine rings is 1. The molecule has 1 atom stereocenters. The van der Waals surface area contributed by atoms with Crippen LogP contribution in [0.1, 0.15) is 31.2 Å². The first-order chi connectivity index (χ1) is 10.6. The van der Waals surface area contributed by atoms with Crippen LogP contribution in [0.15, 0.2) is 18.3 Å². The zero-order chi connectivity index (χ0) is 15.6. The maximum atomic E-state index is 12.0. The highest BCUT2D eigenvalue weighted by molar-refractivity contribution is 5.77. The van der Waals surface area contributed by atoms with Crippen molar-refractivity contribution in [3.05, 3.63) is 23.9 Å². The summed E-state index contributed by atoms with van der Waals surface area (Å²) in [6.07, 6.45) is 5.77. The van der Waals surface area contributed by atoms with Crippen LogP contribution in [0.3, 0.4) is 0 Å². The van der Waals surface area contributed by atoms with E-state index in [0.29, 0.717) is 13.0 Å². The van der Waals surface area contributed by atoms with Crippen LogP contribution in [0, 0.1) is 12.3 Å². The normalized spacial score (nSPS) is 25.8. The van der Waals surface area contributed by atoms with Gasteiger partial charge in [-0.15, -0.1) is 0 Å². The molecule has 3 heterocycles. The molecule has 5 nitrogen and oxygen atoms in total. The van der Waals surface area contributed by atoms with Crippen molar-refractivity contribution in [3.8, 4) is 0 Å². The number of likely N-dealkylation sites (tertiary alicyclic amines) is 1. The molecule has 0 unspecified atom stereocenters. The van der Waals surface area contributed by atoms with Gasteiger partial charge in [-0.1, -0.05) is 6.07 Å². The van der Waals surface area contributed by atoms with Crippen molar-refractivity contribution < 1.29 is 9.90 Å². The van der Waals surface area contributed by atoms with Gasteiger partial charge in [0.05, 0.1) is 6.61 Å². The minimum Gasteiger partial charge on any atom is -0.395 e. The molecule has 0 radical (unpaired) electrons. The number of amides is 1. The highest BCUT2D eigenvalue weighted by Crippen LogP contribution is 2.39. The first-order valence-electron chi connectivity index (χ1n) is 8.18. The van der Waals surface area contributed by atoms with Crippen molar-refractivity contribution in [3.63, 3.8) is 0 Å². The van der Waals surface area contributed by atoms with Gasteiger partial charge in [-0.25, -0.2) is 4.98 Å². The van der Waals surface area contributed by atoms with Gasteiger partial charge in [0.2, 0.25) is 5.91 Å². The van der Waals surface area contributed by atoms with E-state index >= 15 is 0 Å². The van der Waals surface area contributed by atoms with E-state index in [2.05, 4.69) is 22.0 Å². The second kappa shape index (κ2) is 6.24. The van der Waals surface area contributed by atoms with Gasteiger partial charge in [-0.05, 0) is 37.8 Å². The van der Waals surface area contributed by atoms with E-state index in [1.165, 1.54) is 5.56 Å². The second-order valence-corrected chi connectivity index (χ2v) is 6.76. The van der Waals surface area contributed by atoms with Crippen LogP contribution < -0.4 is 4.90 Å². The number of aliphatic hydroxyl groups is 1. The lowest BCUT2D eigenvalue weighted by molar-refractivity contribution is -0.138. The molecule has 3 rings (SSSR count). The zero-order valence-electron chi connectivity index (χ0n) is 13.3. The van der Waals surface area contributed by atoms with Crippen molar-refractivity contribution in [1.82, 2.24) is 9.88 Å². The molecule has 0 aromatic carbocycles. The van der Waals surface area contributed by atoms with Gasteiger partial charge in [0.15, 0.2) is 0 Å². The summed E-state index contributed by atoms with van der Waals surface area (Å²) < 4.78 is 0. The molecule has 2 saturated heterocycles. The lowest BCUT2D eigenvalue weighted by atomic mass is 9.73. The van der Waals surface area contributed by atoms with E-state index in [9.17, 15) is 4.79 Å². The molecule has 1 N–H and O–H groups in total. The molecular weight excluding hydrogens is 278 g/mol. The summed E-state index contributed by atoms with van der Waals surface area (Å²) in [5.41, 5.74) is 1.33. The van der Waals surface area contributed by atoms with Crippen LogP contribution in [0.2, 0.25) is 0 Å². The summed E-state index contributed by atoms with van der Waals surface area (Å²) in [7, 11) is 0. The number of anilines is 1. The third kappa shape index (κ3) is 3.09. The molecule has 22 heavy (non-hydrogen) atoms. The first kappa shape index (κ1) is 15.3. The average molecular weight is 303 g/mol. The fourth-order valence-corrected chi connectivity index (χ4v) is 3.81. The Morgan fingerprint density at radius 3 is 2.91 bits per heavy atom. The number of carbonyl (C=O) groups is 1. The summed E-state index contributed by atoms with van der Waals surface area (Å²) in [5, 5.41) is 9.16. The predicted octanol–water partition coefficient (Wildman–Crippen LogP) is 1.59.